The number of carboxylic acids is 1. The lowest BCUT2D eigenvalue weighted by Crippen LogP contribution is -2.47. The molecule has 1 aromatic heterocycles. The number of rotatable bonds is 5. The van der Waals surface area contributed by atoms with Crippen LogP contribution in [-0.2, 0) is 11.3 Å². The van der Waals surface area contributed by atoms with Crippen LogP contribution in [0.4, 0.5) is 4.79 Å². The predicted octanol–water partition coefficient (Wildman–Crippen LogP) is 2.60. The molecule has 0 unspecified atom stereocenters. The van der Waals surface area contributed by atoms with Crippen molar-refractivity contribution in [1.29, 1.82) is 0 Å². The molecular weight excluding hydrogens is 276 g/mol. The number of aryl methyl sites for hydroxylation is 1. The second-order valence-electron chi connectivity index (χ2n) is 5.15. The Bertz CT molecular complexity index is 481. The van der Waals surface area contributed by atoms with Crippen molar-refractivity contribution in [3.63, 3.8) is 0 Å². The zero-order chi connectivity index (χ0) is 14.5. The number of hydrogen-bond acceptors (Lipinski definition) is 3. The zero-order valence-electron chi connectivity index (χ0n) is 11.6. The summed E-state index contributed by atoms with van der Waals surface area (Å²) in [6, 6.07) is 1.81. The first-order valence-electron chi connectivity index (χ1n) is 6.87. The van der Waals surface area contributed by atoms with Gasteiger partial charge in [-0.25, -0.2) is 4.79 Å². The maximum atomic E-state index is 12.2. The van der Waals surface area contributed by atoms with Gasteiger partial charge in [-0.1, -0.05) is 12.8 Å². The Morgan fingerprint density at radius 2 is 2.15 bits per heavy atom. The van der Waals surface area contributed by atoms with Crippen molar-refractivity contribution in [1.82, 2.24) is 10.2 Å². The van der Waals surface area contributed by atoms with Gasteiger partial charge in [0.2, 0.25) is 0 Å². The number of amides is 2. The van der Waals surface area contributed by atoms with Crippen molar-refractivity contribution in [2.75, 3.05) is 6.54 Å². The first-order valence-corrected chi connectivity index (χ1v) is 7.75. The molecule has 0 spiro atoms. The van der Waals surface area contributed by atoms with Gasteiger partial charge in [0, 0.05) is 10.9 Å². The molecule has 0 atom stereocenters. The molecule has 0 bridgehead atoms. The fourth-order valence-corrected chi connectivity index (χ4v) is 3.42. The molecule has 2 amide bonds. The third-order valence-electron chi connectivity index (χ3n) is 3.70. The van der Waals surface area contributed by atoms with Gasteiger partial charge in [0.1, 0.15) is 6.54 Å². The molecular formula is C14H20N2O3S. The van der Waals surface area contributed by atoms with Crippen LogP contribution in [0.25, 0.3) is 0 Å². The zero-order valence-corrected chi connectivity index (χ0v) is 12.4. The van der Waals surface area contributed by atoms with E-state index in [1.165, 1.54) is 4.90 Å². The van der Waals surface area contributed by atoms with Crippen molar-refractivity contribution in [2.45, 2.75) is 45.2 Å². The minimum atomic E-state index is -0.959. The molecule has 2 rings (SSSR count). The van der Waals surface area contributed by atoms with Gasteiger partial charge in [0.05, 0.1) is 6.54 Å². The fraction of sp³-hybridized carbons (Fsp3) is 0.571. The number of carboxylic acid groups (broad SMARTS) is 1. The first kappa shape index (κ1) is 14.8. The molecule has 1 fully saturated rings. The molecule has 0 saturated heterocycles. The van der Waals surface area contributed by atoms with Crippen LogP contribution in [0.15, 0.2) is 11.4 Å². The van der Waals surface area contributed by atoms with Crippen LogP contribution < -0.4 is 5.32 Å². The average Bonchev–Trinajstić information content (AvgIpc) is 3.04. The molecule has 6 heteroatoms. The number of nitrogens with zero attached hydrogens (tertiary/aromatic N) is 1. The smallest absolute Gasteiger partial charge is 0.323 e. The molecule has 110 valence electrons. The highest BCUT2D eigenvalue weighted by Gasteiger charge is 2.28. The topological polar surface area (TPSA) is 69.6 Å². The van der Waals surface area contributed by atoms with Crippen molar-refractivity contribution in [2.24, 2.45) is 0 Å². The van der Waals surface area contributed by atoms with E-state index in [0.717, 1.165) is 36.1 Å². The Balaban J connectivity index is 1.95. The molecule has 1 aromatic rings. The van der Waals surface area contributed by atoms with E-state index in [1.807, 2.05) is 18.4 Å². The van der Waals surface area contributed by atoms with Gasteiger partial charge in [-0.2, -0.15) is 0 Å². The minimum absolute atomic E-state index is 0.0653. The third-order valence-corrected chi connectivity index (χ3v) is 4.72. The summed E-state index contributed by atoms with van der Waals surface area (Å²) in [5.41, 5.74) is 1.15. The fourth-order valence-electron chi connectivity index (χ4n) is 2.57. The lowest BCUT2D eigenvalue weighted by Gasteiger charge is -2.27. The van der Waals surface area contributed by atoms with Gasteiger partial charge in [-0.15, -0.1) is 11.3 Å². The van der Waals surface area contributed by atoms with Crippen LogP contribution in [0.3, 0.4) is 0 Å². The molecule has 5 nitrogen and oxygen atoms in total. The Hall–Kier alpha value is -1.56. The first-order chi connectivity index (χ1) is 9.58. The second-order valence-corrected chi connectivity index (χ2v) is 6.15. The maximum absolute atomic E-state index is 12.2. The summed E-state index contributed by atoms with van der Waals surface area (Å²) in [6.45, 7) is 2.25. The average molecular weight is 296 g/mol. The Morgan fingerprint density at radius 3 is 2.70 bits per heavy atom. The van der Waals surface area contributed by atoms with Crippen molar-refractivity contribution in [3.8, 4) is 0 Å². The van der Waals surface area contributed by atoms with Crippen molar-refractivity contribution in [3.05, 3.63) is 21.9 Å². The van der Waals surface area contributed by atoms with Crippen LogP contribution >= 0.6 is 11.3 Å². The van der Waals surface area contributed by atoms with Gasteiger partial charge in [-0.05, 0) is 36.8 Å². The molecule has 1 heterocycles. The molecule has 0 aromatic carbocycles. The normalized spacial score (nSPS) is 15.2. The van der Waals surface area contributed by atoms with E-state index in [2.05, 4.69) is 5.32 Å². The number of carbonyl (C=O) groups excluding carboxylic acids is 1. The number of nitrogens with one attached hydrogen (secondary N) is 1. The van der Waals surface area contributed by atoms with Gasteiger partial charge in [0.25, 0.3) is 0 Å². The standard InChI is InChI=1S/C14H20N2O3S/c1-10-6-7-20-12(10)8-15-14(19)16(9-13(17)18)11-4-2-3-5-11/h6-7,11H,2-5,8-9H2,1H3,(H,15,19)(H,17,18). The summed E-state index contributed by atoms with van der Waals surface area (Å²) in [7, 11) is 0. The number of urea groups is 1. The van der Waals surface area contributed by atoms with Gasteiger partial charge in [-0.3, -0.25) is 4.79 Å². The molecule has 1 aliphatic carbocycles. The predicted molar refractivity (Wildman–Crippen MR) is 77.9 cm³/mol. The lowest BCUT2D eigenvalue weighted by atomic mass is 10.2. The van der Waals surface area contributed by atoms with Gasteiger partial charge in [0.15, 0.2) is 0 Å². The maximum Gasteiger partial charge on any atom is 0.323 e. The molecule has 20 heavy (non-hydrogen) atoms. The number of aliphatic carboxylic acids is 1. The molecule has 2 N–H and O–H groups in total. The number of hydrogen-bond donors (Lipinski definition) is 2. The van der Waals surface area contributed by atoms with Crippen LogP contribution in [0, 0.1) is 6.92 Å². The monoisotopic (exact) mass is 296 g/mol. The van der Waals surface area contributed by atoms with Gasteiger partial charge < -0.3 is 15.3 Å². The summed E-state index contributed by atoms with van der Waals surface area (Å²) in [4.78, 5) is 25.7. The van der Waals surface area contributed by atoms with E-state index in [1.54, 1.807) is 11.3 Å². The highest BCUT2D eigenvalue weighted by molar-refractivity contribution is 7.10. The summed E-state index contributed by atoms with van der Waals surface area (Å²) >= 11 is 1.60. The third kappa shape index (κ3) is 3.72. The Kier molecular flexibility index (Phi) is 5.00. The lowest BCUT2D eigenvalue weighted by molar-refractivity contribution is -0.138. The van der Waals surface area contributed by atoms with Crippen LogP contribution in [-0.4, -0.2) is 34.6 Å². The highest BCUT2D eigenvalue weighted by atomic mass is 32.1. The SMILES string of the molecule is Cc1ccsc1CNC(=O)N(CC(=O)O)C1CCCC1. The summed E-state index contributed by atoms with van der Waals surface area (Å²) in [6.07, 6.45) is 3.94. The van der Waals surface area contributed by atoms with Gasteiger partial charge >= 0.3 is 12.0 Å². The van der Waals surface area contributed by atoms with E-state index in [0.29, 0.717) is 6.54 Å². The van der Waals surface area contributed by atoms with Crippen LogP contribution in [0.1, 0.15) is 36.1 Å². The highest BCUT2D eigenvalue weighted by Crippen LogP contribution is 2.23. The molecule has 1 aliphatic rings. The van der Waals surface area contributed by atoms with E-state index < -0.39 is 5.97 Å². The largest absolute Gasteiger partial charge is 0.480 e. The summed E-state index contributed by atoms with van der Waals surface area (Å²) < 4.78 is 0. The molecule has 0 radical (unpaired) electrons. The van der Waals surface area contributed by atoms with E-state index in [-0.39, 0.29) is 18.6 Å². The van der Waals surface area contributed by atoms with E-state index in [9.17, 15) is 9.59 Å². The van der Waals surface area contributed by atoms with Crippen LogP contribution in [0.5, 0.6) is 0 Å². The Labute approximate surface area is 122 Å². The summed E-state index contributed by atoms with van der Waals surface area (Å²) in [5, 5.41) is 13.8. The molecule has 0 aliphatic heterocycles. The Morgan fingerprint density at radius 1 is 1.45 bits per heavy atom. The molecule has 1 saturated carbocycles. The van der Waals surface area contributed by atoms with E-state index >= 15 is 0 Å². The second kappa shape index (κ2) is 6.74. The number of carbonyl (C=O) groups is 2. The number of thiophene rings is 1. The van der Waals surface area contributed by atoms with Crippen molar-refractivity contribution >= 4 is 23.3 Å². The van der Waals surface area contributed by atoms with Crippen LogP contribution in [0.2, 0.25) is 0 Å². The van der Waals surface area contributed by atoms with E-state index in [4.69, 9.17) is 5.11 Å². The minimum Gasteiger partial charge on any atom is -0.480 e. The van der Waals surface area contributed by atoms with Crippen molar-refractivity contribution < 1.29 is 14.7 Å². The quantitative estimate of drug-likeness (QED) is 0.877. The summed E-state index contributed by atoms with van der Waals surface area (Å²) in [5.74, 6) is -0.959.